The molecule has 1 aromatic rings. The molecule has 0 aliphatic carbocycles. The van der Waals surface area contributed by atoms with Crippen molar-refractivity contribution in [3.8, 4) is 0 Å². The predicted octanol–water partition coefficient (Wildman–Crippen LogP) is 2.34. The highest BCUT2D eigenvalue weighted by molar-refractivity contribution is 7.99. The van der Waals surface area contributed by atoms with Crippen molar-refractivity contribution in [2.24, 2.45) is 5.73 Å². The fourth-order valence-electron chi connectivity index (χ4n) is 1.42. The van der Waals surface area contributed by atoms with E-state index >= 15 is 0 Å². The van der Waals surface area contributed by atoms with Gasteiger partial charge < -0.3 is 10.6 Å². The highest BCUT2D eigenvalue weighted by Gasteiger charge is 2.13. The zero-order valence-electron chi connectivity index (χ0n) is 10.7. The average molecular weight is 284 g/mol. The standard InChI is InChI=1S/C13H20N2OS2/c1-3-6-15(8-12-5-4-7-18-12)13(16)10-17-9-11(2)14/h3-5,7,11H,1,6,8-10,14H2,2H3. The Bertz CT molecular complexity index is 363. The lowest BCUT2D eigenvalue weighted by atomic mass is 10.4. The van der Waals surface area contributed by atoms with E-state index in [0.717, 1.165) is 5.75 Å². The molecule has 0 fully saturated rings. The molecular formula is C13H20N2OS2. The van der Waals surface area contributed by atoms with E-state index in [1.807, 2.05) is 29.3 Å². The zero-order chi connectivity index (χ0) is 13.4. The summed E-state index contributed by atoms with van der Waals surface area (Å²) in [4.78, 5) is 15.1. The van der Waals surface area contributed by atoms with Gasteiger partial charge >= 0.3 is 0 Å². The van der Waals surface area contributed by atoms with Gasteiger partial charge in [0.25, 0.3) is 0 Å². The van der Waals surface area contributed by atoms with Crippen molar-refractivity contribution in [2.45, 2.75) is 19.5 Å². The van der Waals surface area contributed by atoms with Gasteiger partial charge in [-0.2, -0.15) is 11.8 Å². The quantitative estimate of drug-likeness (QED) is 0.745. The normalized spacial score (nSPS) is 12.1. The number of nitrogens with two attached hydrogens (primary N) is 1. The van der Waals surface area contributed by atoms with E-state index in [9.17, 15) is 4.79 Å². The van der Waals surface area contributed by atoms with E-state index in [1.54, 1.807) is 29.2 Å². The monoisotopic (exact) mass is 284 g/mol. The first kappa shape index (κ1) is 15.3. The van der Waals surface area contributed by atoms with E-state index in [1.165, 1.54) is 4.88 Å². The lowest BCUT2D eigenvalue weighted by Gasteiger charge is -2.20. The number of hydrogen-bond acceptors (Lipinski definition) is 4. The lowest BCUT2D eigenvalue weighted by molar-refractivity contribution is -0.128. The van der Waals surface area contributed by atoms with E-state index in [0.29, 0.717) is 18.8 Å². The molecule has 1 unspecified atom stereocenters. The third kappa shape index (κ3) is 5.71. The number of nitrogens with zero attached hydrogens (tertiary/aromatic N) is 1. The highest BCUT2D eigenvalue weighted by atomic mass is 32.2. The third-order valence-electron chi connectivity index (χ3n) is 2.24. The fraction of sp³-hybridized carbons (Fsp3) is 0.462. The SMILES string of the molecule is C=CCN(Cc1cccs1)C(=O)CSCC(C)N. The number of thioether (sulfide) groups is 1. The molecule has 3 nitrogen and oxygen atoms in total. The van der Waals surface area contributed by atoms with E-state index < -0.39 is 0 Å². The van der Waals surface area contributed by atoms with Crippen molar-refractivity contribution in [3.63, 3.8) is 0 Å². The Labute approximate surface area is 117 Å². The lowest BCUT2D eigenvalue weighted by Crippen LogP contribution is -2.32. The number of rotatable bonds is 8. The summed E-state index contributed by atoms with van der Waals surface area (Å²) in [5.74, 6) is 1.45. The Hall–Kier alpha value is -0.780. The van der Waals surface area contributed by atoms with Crippen LogP contribution in [0.15, 0.2) is 30.2 Å². The number of carbonyl (C=O) groups excluding carboxylic acids is 1. The van der Waals surface area contributed by atoms with E-state index in [-0.39, 0.29) is 11.9 Å². The van der Waals surface area contributed by atoms with Crippen LogP contribution in [0, 0.1) is 0 Å². The van der Waals surface area contributed by atoms with Crippen LogP contribution in [0.1, 0.15) is 11.8 Å². The van der Waals surface area contributed by atoms with Crippen LogP contribution in [-0.2, 0) is 11.3 Å². The second kappa shape index (κ2) is 8.34. The van der Waals surface area contributed by atoms with Crippen molar-refractivity contribution in [3.05, 3.63) is 35.0 Å². The summed E-state index contributed by atoms with van der Waals surface area (Å²) in [6.07, 6.45) is 1.77. The zero-order valence-corrected chi connectivity index (χ0v) is 12.3. The number of amides is 1. The average Bonchev–Trinajstić information content (AvgIpc) is 2.80. The minimum absolute atomic E-state index is 0.132. The van der Waals surface area contributed by atoms with Crippen molar-refractivity contribution < 1.29 is 4.79 Å². The van der Waals surface area contributed by atoms with Crippen LogP contribution in [0.25, 0.3) is 0 Å². The maximum Gasteiger partial charge on any atom is 0.233 e. The molecule has 0 aliphatic rings. The Kier molecular flexibility index (Phi) is 7.08. The number of carbonyl (C=O) groups is 1. The molecular weight excluding hydrogens is 264 g/mol. The molecule has 0 radical (unpaired) electrons. The molecule has 1 aromatic heterocycles. The molecule has 0 aliphatic heterocycles. The van der Waals surface area contributed by atoms with Gasteiger partial charge in [0.05, 0.1) is 12.3 Å². The van der Waals surface area contributed by atoms with Gasteiger partial charge in [-0.25, -0.2) is 0 Å². The first-order valence-electron chi connectivity index (χ1n) is 5.88. The largest absolute Gasteiger partial charge is 0.333 e. The summed E-state index contributed by atoms with van der Waals surface area (Å²) < 4.78 is 0. The molecule has 5 heteroatoms. The number of hydrogen-bond donors (Lipinski definition) is 1. The second-order valence-corrected chi connectivity index (χ2v) is 6.20. The molecule has 1 amide bonds. The third-order valence-corrected chi connectivity index (χ3v) is 4.31. The molecule has 2 N–H and O–H groups in total. The van der Waals surface area contributed by atoms with Crippen LogP contribution in [0.5, 0.6) is 0 Å². The van der Waals surface area contributed by atoms with Crippen LogP contribution < -0.4 is 5.73 Å². The second-order valence-electron chi connectivity index (χ2n) is 4.13. The first-order valence-corrected chi connectivity index (χ1v) is 7.91. The van der Waals surface area contributed by atoms with Gasteiger partial charge in [-0.3, -0.25) is 4.79 Å². The van der Waals surface area contributed by atoms with Gasteiger partial charge in [0.2, 0.25) is 5.91 Å². The Balaban J connectivity index is 2.44. The maximum atomic E-state index is 12.1. The molecule has 1 heterocycles. The Morgan fingerprint density at radius 2 is 2.50 bits per heavy atom. The smallest absolute Gasteiger partial charge is 0.233 e. The molecule has 100 valence electrons. The highest BCUT2D eigenvalue weighted by Crippen LogP contribution is 2.13. The van der Waals surface area contributed by atoms with Gasteiger partial charge in [-0.1, -0.05) is 12.1 Å². The van der Waals surface area contributed by atoms with Crippen LogP contribution in [0.2, 0.25) is 0 Å². The molecule has 0 bridgehead atoms. The van der Waals surface area contributed by atoms with Gasteiger partial charge in [0.1, 0.15) is 0 Å². The van der Waals surface area contributed by atoms with E-state index in [4.69, 9.17) is 5.73 Å². The summed E-state index contributed by atoms with van der Waals surface area (Å²) in [5.41, 5.74) is 5.66. The first-order chi connectivity index (χ1) is 8.63. The summed E-state index contributed by atoms with van der Waals surface area (Å²) in [6.45, 7) is 6.91. The van der Waals surface area contributed by atoms with Crippen LogP contribution in [-0.4, -0.2) is 34.9 Å². The summed E-state index contributed by atoms with van der Waals surface area (Å²) in [7, 11) is 0. The van der Waals surface area contributed by atoms with Crippen molar-refractivity contribution in [1.29, 1.82) is 0 Å². The van der Waals surface area contributed by atoms with Crippen LogP contribution >= 0.6 is 23.1 Å². The summed E-state index contributed by atoms with van der Waals surface area (Å²) in [6, 6.07) is 4.18. The van der Waals surface area contributed by atoms with Crippen LogP contribution in [0.4, 0.5) is 0 Å². The topological polar surface area (TPSA) is 46.3 Å². The van der Waals surface area contributed by atoms with Gasteiger partial charge in [-0.15, -0.1) is 17.9 Å². The molecule has 1 atom stereocenters. The molecule has 18 heavy (non-hydrogen) atoms. The Morgan fingerprint density at radius 3 is 3.06 bits per heavy atom. The molecule has 0 aromatic carbocycles. The number of thiophene rings is 1. The van der Waals surface area contributed by atoms with Gasteiger partial charge in [-0.05, 0) is 18.4 Å². The molecule has 1 rings (SSSR count). The minimum atomic E-state index is 0.132. The van der Waals surface area contributed by atoms with Crippen molar-refractivity contribution in [2.75, 3.05) is 18.1 Å². The summed E-state index contributed by atoms with van der Waals surface area (Å²) >= 11 is 3.26. The fourth-order valence-corrected chi connectivity index (χ4v) is 2.99. The molecule has 0 saturated heterocycles. The molecule has 0 saturated carbocycles. The van der Waals surface area contributed by atoms with Gasteiger partial charge in [0.15, 0.2) is 0 Å². The van der Waals surface area contributed by atoms with E-state index in [2.05, 4.69) is 6.58 Å². The Morgan fingerprint density at radius 1 is 1.72 bits per heavy atom. The summed E-state index contributed by atoms with van der Waals surface area (Å²) in [5, 5.41) is 2.02. The van der Waals surface area contributed by atoms with Crippen molar-refractivity contribution >= 4 is 29.0 Å². The maximum absolute atomic E-state index is 12.1. The molecule has 0 spiro atoms. The van der Waals surface area contributed by atoms with Crippen LogP contribution in [0.3, 0.4) is 0 Å². The predicted molar refractivity (Wildman–Crippen MR) is 80.9 cm³/mol. The van der Waals surface area contributed by atoms with Gasteiger partial charge in [0, 0.05) is 23.2 Å². The minimum Gasteiger partial charge on any atom is -0.333 e. The van der Waals surface area contributed by atoms with Crippen molar-refractivity contribution in [1.82, 2.24) is 4.90 Å².